The number of esters is 1. The lowest BCUT2D eigenvalue weighted by Gasteiger charge is -2.13. The Morgan fingerprint density at radius 3 is 3.15 bits per heavy atom. The molecule has 0 aromatic rings. The van der Waals surface area contributed by atoms with Crippen molar-refractivity contribution in [3.8, 4) is 0 Å². The maximum atomic E-state index is 11.0. The van der Waals surface area contributed by atoms with E-state index in [0.717, 1.165) is 0 Å². The topological polar surface area (TPSA) is 68.1 Å². The number of aliphatic hydroxyl groups excluding tert-OH is 1. The predicted molar refractivity (Wildman–Crippen MR) is 48.5 cm³/mol. The number of carbonyl (C=O) groups is 1. The van der Waals surface area contributed by atoms with Gasteiger partial charge in [-0.15, -0.1) is 0 Å². The Morgan fingerprint density at radius 1 is 2.00 bits per heavy atom. The second-order valence-corrected chi connectivity index (χ2v) is 3.43. The van der Waals surface area contributed by atoms with Crippen molar-refractivity contribution in [2.45, 2.75) is 25.6 Å². The van der Waals surface area contributed by atoms with E-state index < -0.39 is 18.2 Å². The van der Waals surface area contributed by atoms with Gasteiger partial charge in [0.1, 0.15) is 4.62 Å². The Morgan fingerprint density at radius 2 is 2.69 bits per heavy atom. The van der Waals surface area contributed by atoms with E-state index in [4.69, 9.17) is 4.84 Å². The van der Waals surface area contributed by atoms with E-state index in [1.165, 1.54) is 0 Å². The molecule has 1 rings (SSSR count). The van der Waals surface area contributed by atoms with Crippen LogP contribution in [0.5, 0.6) is 0 Å². The second-order valence-electron chi connectivity index (χ2n) is 2.51. The standard InChI is InChI=1S/C7H10BrNO4/c1-2-12-7(11)6(10)4-3-5(8)9-13-4/h4,6,10H,2-3H2,1H3. The zero-order chi connectivity index (χ0) is 9.84. The minimum Gasteiger partial charge on any atom is -0.464 e. The van der Waals surface area contributed by atoms with Crippen LogP contribution in [-0.4, -0.2) is 34.5 Å². The molecule has 0 amide bonds. The summed E-state index contributed by atoms with van der Waals surface area (Å²) in [5.41, 5.74) is 0. The zero-order valence-corrected chi connectivity index (χ0v) is 8.65. The average Bonchev–Trinajstić information content (AvgIpc) is 2.51. The van der Waals surface area contributed by atoms with Gasteiger partial charge in [-0.2, -0.15) is 0 Å². The Hall–Kier alpha value is -0.620. The zero-order valence-electron chi connectivity index (χ0n) is 7.07. The van der Waals surface area contributed by atoms with E-state index >= 15 is 0 Å². The van der Waals surface area contributed by atoms with Gasteiger partial charge in [0, 0.05) is 6.42 Å². The molecule has 1 heterocycles. The van der Waals surface area contributed by atoms with E-state index in [-0.39, 0.29) is 6.61 Å². The van der Waals surface area contributed by atoms with Gasteiger partial charge >= 0.3 is 5.97 Å². The summed E-state index contributed by atoms with van der Waals surface area (Å²) in [5.74, 6) is -0.676. The number of carbonyl (C=O) groups excluding carboxylic acids is 1. The molecule has 0 radical (unpaired) electrons. The highest BCUT2D eigenvalue weighted by Crippen LogP contribution is 2.17. The van der Waals surface area contributed by atoms with Crippen LogP contribution in [0.15, 0.2) is 5.16 Å². The quantitative estimate of drug-likeness (QED) is 0.738. The van der Waals surface area contributed by atoms with Gasteiger partial charge in [0.2, 0.25) is 0 Å². The van der Waals surface area contributed by atoms with Crippen molar-refractivity contribution in [2.75, 3.05) is 6.61 Å². The first kappa shape index (κ1) is 10.5. The summed E-state index contributed by atoms with van der Waals surface area (Å²) in [6.45, 7) is 1.91. The van der Waals surface area contributed by atoms with Crippen LogP contribution in [0.2, 0.25) is 0 Å². The fourth-order valence-electron chi connectivity index (χ4n) is 0.914. The summed E-state index contributed by atoms with van der Waals surface area (Å²) in [4.78, 5) is 15.8. The molecule has 2 unspecified atom stereocenters. The fraction of sp³-hybridized carbons (Fsp3) is 0.714. The highest BCUT2D eigenvalue weighted by atomic mass is 79.9. The molecular formula is C7H10BrNO4. The van der Waals surface area contributed by atoms with Crippen molar-refractivity contribution < 1.29 is 19.5 Å². The van der Waals surface area contributed by atoms with Crippen LogP contribution in [0.1, 0.15) is 13.3 Å². The maximum absolute atomic E-state index is 11.0. The first-order valence-corrected chi connectivity index (χ1v) is 4.67. The number of oxime groups is 1. The first-order valence-electron chi connectivity index (χ1n) is 3.88. The SMILES string of the molecule is CCOC(=O)C(O)C1CC(Br)=NO1. The van der Waals surface area contributed by atoms with E-state index in [9.17, 15) is 9.90 Å². The number of ether oxygens (including phenoxy) is 1. The van der Waals surface area contributed by atoms with Gasteiger partial charge < -0.3 is 14.7 Å². The second kappa shape index (κ2) is 4.57. The molecule has 0 aromatic heterocycles. The largest absolute Gasteiger partial charge is 0.464 e. The number of rotatable bonds is 3. The predicted octanol–water partition coefficient (Wildman–Crippen LogP) is 0.408. The fourth-order valence-corrected chi connectivity index (χ4v) is 1.32. The smallest absolute Gasteiger partial charge is 0.339 e. The molecule has 13 heavy (non-hydrogen) atoms. The molecule has 74 valence electrons. The van der Waals surface area contributed by atoms with Crippen LogP contribution >= 0.6 is 15.9 Å². The van der Waals surface area contributed by atoms with E-state index in [0.29, 0.717) is 11.0 Å². The van der Waals surface area contributed by atoms with Crippen molar-refractivity contribution in [1.82, 2.24) is 0 Å². The Bertz CT molecular complexity index is 231. The molecule has 0 bridgehead atoms. The van der Waals surface area contributed by atoms with Gasteiger partial charge in [-0.25, -0.2) is 4.79 Å². The summed E-state index contributed by atoms with van der Waals surface area (Å²) in [5, 5.41) is 12.9. The molecule has 0 aliphatic carbocycles. The Balaban J connectivity index is 2.40. The van der Waals surface area contributed by atoms with Crippen molar-refractivity contribution in [2.24, 2.45) is 5.16 Å². The number of nitrogens with zero attached hydrogens (tertiary/aromatic N) is 1. The first-order chi connectivity index (χ1) is 6.15. The lowest BCUT2D eigenvalue weighted by molar-refractivity contribution is -0.160. The number of hydrogen-bond donors (Lipinski definition) is 1. The van der Waals surface area contributed by atoms with Gasteiger partial charge in [0.25, 0.3) is 0 Å². The number of aliphatic hydroxyl groups is 1. The summed E-state index contributed by atoms with van der Waals surface area (Å²) < 4.78 is 5.20. The average molecular weight is 252 g/mol. The third-order valence-electron chi connectivity index (χ3n) is 1.54. The normalized spacial score (nSPS) is 23.3. The van der Waals surface area contributed by atoms with Crippen LogP contribution < -0.4 is 0 Å². The lowest BCUT2D eigenvalue weighted by atomic mass is 10.1. The van der Waals surface area contributed by atoms with Crippen LogP contribution in [-0.2, 0) is 14.4 Å². The molecule has 1 aliphatic heterocycles. The minimum atomic E-state index is -1.27. The van der Waals surface area contributed by atoms with Gasteiger partial charge in [-0.3, -0.25) is 0 Å². The van der Waals surface area contributed by atoms with Crippen LogP contribution in [0, 0.1) is 0 Å². The van der Waals surface area contributed by atoms with Gasteiger partial charge in [0.05, 0.1) is 6.61 Å². The summed E-state index contributed by atoms with van der Waals surface area (Å²) >= 11 is 3.10. The highest BCUT2D eigenvalue weighted by Gasteiger charge is 2.33. The molecule has 0 aromatic carbocycles. The minimum absolute atomic E-state index is 0.241. The molecule has 5 nitrogen and oxygen atoms in total. The Labute approximate surface area is 83.8 Å². The molecule has 0 spiro atoms. The molecule has 0 saturated heterocycles. The van der Waals surface area contributed by atoms with Crippen LogP contribution in [0.4, 0.5) is 0 Å². The molecule has 2 atom stereocenters. The lowest BCUT2D eigenvalue weighted by Crippen LogP contribution is -2.35. The Kier molecular flexibility index (Phi) is 3.68. The van der Waals surface area contributed by atoms with Gasteiger partial charge in [-0.05, 0) is 22.9 Å². The molecule has 0 fully saturated rings. The van der Waals surface area contributed by atoms with E-state index in [2.05, 4.69) is 25.8 Å². The molecule has 6 heteroatoms. The monoisotopic (exact) mass is 251 g/mol. The third kappa shape index (κ3) is 2.67. The van der Waals surface area contributed by atoms with E-state index in [1.807, 2.05) is 0 Å². The molecule has 1 N–H and O–H groups in total. The molecule has 0 saturated carbocycles. The molecular weight excluding hydrogens is 242 g/mol. The van der Waals surface area contributed by atoms with Crippen LogP contribution in [0.25, 0.3) is 0 Å². The molecule has 1 aliphatic rings. The van der Waals surface area contributed by atoms with Crippen molar-refractivity contribution in [3.63, 3.8) is 0 Å². The summed E-state index contributed by atoms with van der Waals surface area (Å²) in [6.07, 6.45) is -1.51. The van der Waals surface area contributed by atoms with Gasteiger partial charge in [-0.1, -0.05) is 5.16 Å². The third-order valence-corrected chi connectivity index (χ3v) is 2.01. The highest BCUT2D eigenvalue weighted by molar-refractivity contribution is 9.18. The van der Waals surface area contributed by atoms with Crippen molar-refractivity contribution in [3.05, 3.63) is 0 Å². The van der Waals surface area contributed by atoms with Crippen molar-refractivity contribution in [1.29, 1.82) is 0 Å². The van der Waals surface area contributed by atoms with Gasteiger partial charge in [0.15, 0.2) is 12.2 Å². The summed E-state index contributed by atoms with van der Waals surface area (Å²) in [6, 6.07) is 0. The number of hydrogen-bond acceptors (Lipinski definition) is 5. The van der Waals surface area contributed by atoms with Crippen molar-refractivity contribution >= 4 is 26.5 Å². The maximum Gasteiger partial charge on any atom is 0.339 e. The van der Waals surface area contributed by atoms with Crippen LogP contribution in [0.3, 0.4) is 0 Å². The number of halogens is 1. The van der Waals surface area contributed by atoms with E-state index in [1.54, 1.807) is 6.92 Å². The summed E-state index contributed by atoms with van der Waals surface area (Å²) in [7, 11) is 0.